The summed E-state index contributed by atoms with van der Waals surface area (Å²) in [7, 11) is 0. The first-order chi connectivity index (χ1) is 9.15. The highest BCUT2D eigenvalue weighted by Crippen LogP contribution is 2.19. The zero-order chi connectivity index (χ0) is 13.7. The number of hydrogen-bond donors (Lipinski definition) is 1. The van der Waals surface area contributed by atoms with E-state index in [4.69, 9.17) is 0 Å². The molecule has 1 amide bonds. The van der Waals surface area contributed by atoms with Crippen molar-refractivity contribution < 1.29 is 4.79 Å². The quantitative estimate of drug-likeness (QED) is 0.903. The van der Waals surface area contributed by atoms with Crippen molar-refractivity contribution in [1.82, 2.24) is 5.32 Å². The van der Waals surface area contributed by atoms with Gasteiger partial charge in [-0.2, -0.15) is 0 Å². The van der Waals surface area contributed by atoms with Crippen molar-refractivity contribution in [3.8, 4) is 0 Å². The Kier molecular flexibility index (Phi) is 4.83. The first-order valence-corrected chi connectivity index (χ1v) is 7.24. The molecule has 0 aliphatic carbocycles. The molecule has 0 saturated carbocycles. The molecule has 19 heavy (non-hydrogen) atoms. The summed E-state index contributed by atoms with van der Waals surface area (Å²) in [5.74, 6) is 0.637. The van der Waals surface area contributed by atoms with Crippen LogP contribution in [0.5, 0.6) is 0 Å². The van der Waals surface area contributed by atoms with Gasteiger partial charge in [0.1, 0.15) is 0 Å². The molecule has 1 aliphatic heterocycles. The third kappa shape index (κ3) is 4.27. The second-order valence-electron chi connectivity index (χ2n) is 5.76. The fourth-order valence-corrected chi connectivity index (χ4v) is 2.58. The number of nitrogens with zero attached hydrogens (tertiary/aromatic N) is 1. The maximum absolute atomic E-state index is 11.7. The van der Waals surface area contributed by atoms with Crippen LogP contribution in [0.3, 0.4) is 0 Å². The highest BCUT2D eigenvalue weighted by molar-refractivity contribution is 5.76. The van der Waals surface area contributed by atoms with Gasteiger partial charge in [-0.3, -0.25) is 4.79 Å². The molecule has 0 radical (unpaired) electrons. The van der Waals surface area contributed by atoms with Crippen LogP contribution in [0.25, 0.3) is 0 Å². The molecule has 1 saturated heterocycles. The van der Waals surface area contributed by atoms with Gasteiger partial charge < -0.3 is 10.2 Å². The van der Waals surface area contributed by atoms with Crippen molar-refractivity contribution in [2.45, 2.75) is 39.2 Å². The van der Waals surface area contributed by atoms with E-state index in [-0.39, 0.29) is 5.91 Å². The molecule has 0 atom stereocenters. The molecule has 1 N–H and O–H groups in total. The molecule has 0 bridgehead atoms. The van der Waals surface area contributed by atoms with Gasteiger partial charge >= 0.3 is 0 Å². The molecule has 2 rings (SSSR count). The lowest BCUT2D eigenvalue weighted by Crippen LogP contribution is -2.44. The Morgan fingerprint density at radius 3 is 2.47 bits per heavy atom. The van der Waals surface area contributed by atoms with E-state index < -0.39 is 0 Å². The Hall–Kier alpha value is -1.51. The van der Waals surface area contributed by atoms with Crippen molar-refractivity contribution in [3.63, 3.8) is 0 Å². The summed E-state index contributed by atoms with van der Waals surface area (Å²) in [5, 5.41) is 3.16. The highest BCUT2D eigenvalue weighted by Gasteiger charge is 2.20. The Labute approximate surface area is 116 Å². The van der Waals surface area contributed by atoms with Gasteiger partial charge in [0.15, 0.2) is 0 Å². The number of rotatable bonds is 4. The van der Waals surface area contributed by atoms with Crippen LogP contribution in [-0.2, 0) is 4.79 Å². The summed E-state index contributed by atoms with van der Waals surface area (Å²) < 4.78 is 0. The van der Waals surface area contributed by atoms with Gasteiger partial charge in [-0.1, -0.05) is 32.0 Å². The second-order valence-corrected chi connectivity index (χ2v) is 5.76. The first kappa shape index (κ1) is 13.9. The number of carbonyl (C=O) groups excluding carboxylic acids is 1. The minimum atomic E-state index is 0.202. The van der Waals surface area contributed by atoms with Gasteiger partial charge in [0.05, 0.1) is 0 Å². The van der Waals surface area contributed by atoms with Gasteiger partial charge in [-0.15, -0.1) is 0 Å². The van der Waals surface area contributed by atoms with Crippen molar-refractivity contribution in [2.24, 2.45) is 5.92 Å². The summed E-state index contributed by atoms with van der Waals surface area (Å²) in [5.41, 5.74) is 1.29. The third-order valence-corrected chi connectivity index (χ3v) is 3.58. The lowest BCUT2D eigenvalue weighted by molar-refractivity contribution is -0.122. The number of anilines is 1. The van der Waals surface area contributed by atoms with Gasteiger partial charge in [0.25, 0.3) is 0 Å². The lowest BCUT2D eigenvalue weighted by Gasteiger charge is -2.34. The topological polar surface area (TPSA) is 32.3 Å². The summed E-state index contributed by atoms with van der Waals surface area (Å²) in [4.78, 5) is 14.1. The Balaban J connectivity index is 1.78. The van der Waals surface area contributed by atoms with Crippen LogP contribution in [0, 0.1) is 5.92 Å². The van der Waals surface area contributed by atoms with E-state index in [2.05, 4.69) is 48.3 Å². The number of para-hydroxylation sites is 1. The van der Waals surface area contributed by atoms with E-state index in [0.29, 0.717) is 18.4 Å². The molecule has 0 spiro atoms. The predicted molar refractivity (Wildman–Crippen MR) is 79.3 cm³/mol. The largest absolute Gasteiger partial charge is 0.371 e. The predicted octanol–water partition coefficient (Wildman–Crippen LogP) is 2.82. The van der Waals surface area contributed by atoms with Crippen molar-refractivity contribution in [3.05, 3.63) is 30.3 Å². The average molecular weight is 260 g/mol. The number of hydrogen-bond acceptors (Lipinski definition) is 2. The summed E-state index contributed by atoms with van der Waals surface area (Å²) in [6.07, 6.45) is 2.72. The molecular weight excluding hydrogens is 236 g/mol. The lowest BCUT2D eigenvalue weighted by atomic mass is 10.0. The van der Waals surface area contributed by atoms with E-state index in [9.17, 15) is 4.79 Å². The molecule has 1 aliphatic rings. The highest BCUT2D eigenvalue weighted by atomic mass is 16.1. The summed E-state index contributed by atoms with van der Waals surface area (Å²) in [6.45, 7) is 6.21. The Morgan fingerprint density at radius 1 is 1.26 bits per heavy atom. The van der Waals surface area contributed by atoms with Crippen LogP contribution in [-0.4, -0.2) is 25.0 Å². The molecule has 1 aromatic rings. The van der Waals surface area contributed by atoms with Crippen molar-refractivity contribution in [1.29, 1.82) is 0 Å². The van der Waals surface area contributed by atoms with Gasteiger partial charge in [-0.25, -0.2) is 0 Å². The monoisotopic (exact) mass is 260 g/mol. The van der Waals surface area contributed by atoms with Gasteiger partial charge in [0, 0.05) is 31.2 Å². The molecule has 0 aromatic heterocycles. The van der Waals surface area contributed by atoms with Crippen LogP contribution < -0.4 is 10.2 Å². The average Bonchev–Trinajstić information content (AvgIpc) is 2.39. The molecule has 104 valence electrons. The van der Waals surface area contributed by atoms with E-state index >= 15 is 0 Å². The van der Waals surface area contributed by atoms with E-state index in [1.54, 1.807) is 0 Å². The van der Waals surface area contributed by atoms with E-state index in [0.717, 1.165) is 25.9 Å². The van der Waals surface area contributed by atoms with Gasteiger partial charge in [0.2, 0.25) is 5.91 Å². The molecule has 0 unspecified atom stereocenters. The SMILES string of the molecule is CC(C)CC(=O)NC1CCN(c2ccccc2)CC1. The molecular formula is C16H24N2O. The molecule has 1 fully saturated rings. The van der Waals surface area contributed by atoms with Gasteiger partial charge in [-0.05, 0) is 30.9 Å². The first-order valence-electron chi connectivity index (χ1n) is 7.24. The molecule has 1 heterocycles. The van der Waals surface area contributed by atoms with Crippen LogP contribution in [0.1, 0.15) is 33.1 Å². The minimum absolute atomic E-state index is 0.202. The molecule has 1 aromatic carbocycles. The smallest absolute Gasteiger partial charge is 0.220 e. The van der Waals surface area contributed by atoms with E-state index in [1.165, 1.54) is 5.69 Å². The normalized spacial score (nSPS) is 16.7. The molecule has 3 nitrogen and oxygen atoms in total. The van der Waals surface area contributed by atoms with E-state index in [1.807, 2.05) is 6.07 Å². The Morgan fingerprint density at radius 2 is 1.89 bits per heavy atom. The minimum Gasteiger partial charge on any atom is -0.371 e. The fourth-order valence-electron chi connectivity index (χ4n) is 2.58. The van der Waals surface area contributed by atoms with Crippen LogP contribution >= 0.6 is 0 Å². The number of amides is 1. The number of benzene rings is 1. The third-order valence-electron chi connectivity index (χ3n) is 3.58. The van der Waals surface area contributed by atoms with Crippen molar-refractivity contribution in [2.75, 3.05) is 18.0 Å². The zero-order valence-electron chi connectivity index (χ0n) is 11.9. The Bertz CT molecular complexity index is 394. The second kappa shape index (κ2) is 6.60. The number of carbonyl (C=O) groups is 1. The fraction of sp³-hybridized carbons (Fsp3) is 0.562. The molecule has 3 heteroatoms. The van der Waals surface area contributed by atoms with Crippen molar-refractivity contribution >= 4 is 11.6 Å². The standard InChI is InChI=1S/C16H24N2O/c1-13(2)12-16(19)17-14-8-10-18(11-9-14)15-6-4-3-5-7-15/h3-7,13-14H,8-12H2,1-2H3,(H,17,19). The summed E-state index contributed by atoms with van der Waals surface area (Å²) >= 11 is 0. The van der Waals surface area contributed by atoms with Crippen LogP contribution in [0.2, 0.25) is 0 Å². The zero-order valence-corrected chi connectivity index (χ0v) is 11.9. The summed E-state index contributed by atoms with van der Waals surface area (Å²) in [6, 6.07) is 10.8. The van der Waals surface area contributed by atoms with Crippen LogP contribution in [0.4, 0.5) is 5.69 Å². The maximum atomic E-state index is 11.7. The number of piperidine rings is 1. The maximum Gasteiger partial charge on any atom is 0.220 e. The van der Waals surface area contributed by atoms with Crippen LogP contribution in [0.15, 0.2) is 30.3 Å². The number of nitrogens with one attached hydrogen (secondary N) is 1.